The Balaban J connectivity index is 1.11. The lowest BCUT2D eigenvalue weighted by atomic mass is 9.81. The van der Waals surface area contributed by atoms with Crippen LogP contribution in [-0.2, 0) is 20.7 Å². The molecule has 1 atom stereocenters. The Kier molecular flexibility index (Phi) is 6.71. The Labute approximate surface area is 245 Å². The Bertz CT molecular complexity index is 1860. The molecule has 0 spiro atoms. The Hall–Kier alpha value is -4.21. The van der Waals surface area contributed by atoms with Gasteiger partial charge >= 0.3 is 0 Å². The highest BCUT2D eigenvalue weighted by atomic mass is 32.2. The van der Waals surface area contributed by atoms with Crippen molar-refractivity contribution in [1.29, 1.82) is 0 Å². The number of nitrogens with two attached hydrogens (primary N) is 1. The molecule has 1 fully saturated rings. The molecular formula is C33H32N4O4S. The molecule has 5 aromatic rings. The molecule has 42 heavy (non-hydrogen) atoms. The number of nitrogen functional groups attached to an aromatic ring is 1. The number of hydrogen-bond acceptors (Lipinski definition) is 7. The van der Waals surface area contributed by atoms with E-state index in [4.69, 9.17) is 14.7 Å². The van der Waals surface area contributed by atoms with Gasteiger partial charge in [0, 0.05) is 17.8 Å². The number of nitrogens with zero attached hydrogens (tertiary/aromatic N) is 3. The molecule has 0 saturated heterocycles. The van der Waals surface area contributed by atoms with Crippen molar-refractivity contribution in [3.63, 3.8) is 0 Å². The normalized spacial score (nSPS) is 20.1. The van der Waals surface area contributed by atoms with Crippen LogP contribution in [0.1, 0.15) is 48.1 Å². The topological polar surface area (TPSA) is 109 Å². The molecular weight excluding hydrogens is 548 g/mol. The van der Waals surface area contributed by atoms with E-state index in [1.807, 2.05) is 25.1 Å². The lowest BCUT2D eigenvalue weighted by molar-refractivity contribution is 0.130. The standard InChI is InChI=1S/C33H32N4O4S/c1-21-7-12-27(13-8-21)42(38,39)40-19-22-15-26(16-22)37-18-28(31-32(34)35-20-36-33(31)37)25-10-9-24-11-14-29(41-30(24)17-25)23-5-3-2-4-6-23/h2-10,12-13,17-18,20,22,26,29H,11,14-16,19H2,1H3,(H2,34,35,36)/t22-,26+,29?. The zero-order valence-electron chi connectivity index (χ0n) is 23.3. The maximum Gasteiger partial charge on any atom is 0.296 e. The monoisotopic (exact) mass is 580 g/mol. The van der Waals surface area contributed by atoms with Crippen LogP contribution in [0.2, 0.25) is 0 Å². The number of anilines is 1. The lowest BCUT2D eigenvalue weighted by Crippen LogP contribution is -2.30. The Morgan fingerprint density at radius 3 is 2.60 bits per heavy atom. The highest BCUT2D eigenvalue weighted by Gasteiger charge is 2.34. The first kappa shape index (κ1) is 26.7. The van der Waals surface area contributed by atoms with Gasteiger partial charge < -0.3 is 15.0 Å². The summed E-state index contributed by atoms with van der Waals surface area (Å²) in [5, 5.41) is 0.814. The summed E-state index contributed by atoms with van der Waals surface area (Å²) in [7, 11) is -3.79. The van der Waals surface area contributed by atoms with Crippen molar-refractivity contribution in [1.82, 2.24) is 14.5 Å². The molecule has 3 aromatic carbocycles. The van der Waals surface area contributed by atoms with E-state index in [1.54, 1.807) is 24.3 Å². The fourth-order valence-electron chi connectivity index (χ4n) is 6.07. The second-order valence-electron chi connectivity index (χ2n) is 11.3. The van der Waals surface area contributed by atoms with E-state index in [-0.39, 0.29) is 29.6 Å². The zero-order valence-corrected chi connectivity index (χ0v) is 24.1. The van der Waals surface area contributed by atoms with Crippen LogP contribution in [0.15, 0.2) is 90.2 Å². The molecule has 8 nitrogen and oxygen atoms in total. The van der Waals surface area contributed by atoms with Crippen LogP contribution in [0.25, 0.3) is 22.2 Å². The first-order valence-electron chi connectivity index (χ1n) is 14.3. The Morgan fingerprint density at radius 1 is 1.02 bits per heavy atom. The van der Waals surface area contributed by atoms with Gasteiger partial charge in [-0.15, -0.1) is 0 Å². The molecule has 0 bridgehead atoms. The third-order valence-electron chi connectivity index (χ3n) is 8.51. The van der Waals surface area contributed by atoms with Crippen molar-refractivity contribution in [3.05, 3.63) is 102 Å². The van der Waals surface area contributed by atoms with E-state index in [1.165, 1.54) is 17.5 Å². The van der Waals surface area contributed by atoms with Gasteiger partial charge in [0.15, 0.2) is 0 Å². The number of benzene rings is 3. The van der Waals surface area contributed by atoms with Gasteiger partial charge in [0.2, 0.25) is 0 Å². The van der Waals surface area contributed by atoms with Gasteiger partial charge in [-0.2, -0.15) is 8.42 Å². The van der Waals surface area contributed by atoms with Gasteiger partial charge in [-0.05, 0) is 73.4 Å². The van der Waals surface area contributed by atoms with Gasteiger partial charge in [-0.1, -0.05) is 60.2 Å². The minimum atomic E-state index is -3.79. The second kappa shape index (κ2) is 10.6. The van der Waals surface area contributed by atoms with E-state index in [2.05, 4.69) is 51.1 Å². The number of hydrogen-bond donors (Lipinski definition) is 1. The highest BCUT2D eigenvalue weighted by molar-refractivity contribution is 7.86. The van der Waals surface area contributed by atoms with Gasteiger partial charge in [0.05, 0.1) is 16.9 Å². The minimum Gasteiger partial charge on any atom is -0.485 e. The fourth-order valence-corrected chi connectivity index (χ4v) is 7.04. The van der Waals surface area contributed by atoms with Crippen molar-refractivity contribution >= 4 is 27.0 Å². The van der Waals surface area contributed by atoms with Crippen LogP contribution >= 0.6 is 0 Å². The van der Waals surface area contributed by atoms with Crippen molar-refractivity contribution in [2.24, 2.45) is 5.92 Å². The van der Waals surface area contributed by atoms with Crippen molar-refractivity contribution in [3.8, 4) is 16.9 Å². The average molecular weight is 581 g/mol. The SMILES string of the molecule is Cc1ccc(S(=O)(=O)OC[C@H]2C[C@@H](n3cc(-c4ccc5c(c4)OC(c4ccccc4)CC5)c4c(N)ncnc43)C2)cc1. The van der Waals surface area contributed by atoms with Crippen LogP contribution in [0, 0.1) is 12.8 Å². The smallest absolute Gasteiger partial charge is 0.296 e. The van der Waals surface area contributed by atoms with Gasteiger partial charge in [0.25, 0.3) is 10.1 Å². The van der Waals surface area contributed by atoms with Gasteiger partial charge in [0.1, 0.15) is 29.6 Å². The maximum atomic E-state index is 12.6. The largest absolute Gasteiger partial charge is 0.485 e. The van der Waals surface area contributed by atoms with Crippen molar-refractivity contribution in [2.45, 2.75) is 49.6 Å². The fraction of sp³-hybridized carbons (Fsp3) is 0.273. The summed E-state index contributed by atoms with van der Waals surface area (Å²) in [5.74, 6) is 1.44. The highest BCUT2D eigenvalue weighted by Crippen LogP contribution is 2.44. The van der Waals surface area contributed by atoms with E-state index < -0.39 is 10.1 Å². The van der Waals surface area contributed by atoms with E-state index in [0.29, 0.717) is 5.82 Å². The van der Waals surface area contributed by atoms with Crippen LogP contribution in [0.4, 0.5) is 5.82 Å². The second-order valence-corrected chi connectivity index (χ2v) is 12.9. The van der Waals surface area contributed by atoms with Crippen LogP contribution < -0.4 is 10.5 Å². The molecule has 1 aliphatic carbocycles. The van der Waals surface area contributed by atoms with Crippen LogP contribution in [-0.4, -0.2) is 29.6 Å². The molecule has 9 heteroatoms. The molecule has 0 radical (unpaired) electrons. The maximum absolute atomic E-state index is 12.6. The summed E-state index contributed by atoms with van der Waals surface area (Å²) < 4.78 is 39.4. The van der Waals surface area contributed by atoms with E-state index in [9.17, 15) is 8.42 Å². The molecule has 2 aromatic heterocycles. The van der Waals surface area contributed by atoms with Gasteiger partial charge in [-0.3, -0.25) is 4.18 Å². The first-order chi connectivity index (χ1) is 20.4. The lowest BCUT2D eigenvalue weighted by Gasteiger charge is -2.36. The molecule has 0 amide bonds. The molecule has 1 unspecified atom stereocenters. The number of aryl methyl sites for hydroxylation is 2. The number of aromatic nitrogens is 3. The molecule has 7 rings (SSSR count). The van der Waals surface area contributed by atoms with E-state index in [0.717, 1.165) is 59.2 Å². The number of fused-ring (bicyclic) bond motifs is 2. The van der Waals surface area contributed by atoms with Crippen LogP contribution in [0.5, 0.6) is 5.75 Å². The number of rotatable bonds is 7. The number of ether oxygens (including phenoxy) is 1. The van der Waals surface area contributed by atoms with E-state index >= 15 is 0 Å². The predicted molar refractivity (Wildman–Crippen MR) is 162 cm³/mol. The molecule has 214 valence electrons. The molecule has 1 aliphatic heterocycles. The summed E-state index contributed by atoms with van der Waals surface area (Å²) in [6, 6.07) is 23.5. The molecule has 1 saturated carbocycles. The summed E-state index contributed by atoms with van der Waals surface area (Å²) in [6.45, 7) is 2.07. The third kappa shape index (κ3) is 4.92. The molecule has 3 heterocycles. The average Bonchev–Trinajstić information content (AvgIpc) is 3.37. The third-order valence-corrected chi connectivity index (χ3v) is 9.80. The van der Waals surface area contributed by atoms with Crippen molar-refractivity contribution < 1.29 is 17.3 Å². The quantitative estimate of drug-likeness (QED) is 0.222. The predicted octanol–water partition coefficient (Wildman–Crippen LogP) is 6.41. The van der Waals surface area contributed by atoms with Gasteiger partial charge in [-0.25, -0.2) is 9.97 Å². The van der Waals surface area contributed by atoms with Crippen LogP contribution in [0.3, 0.4) is 0 Å². The molecule has 2 aliphatic rings. The minimum absolute atomic E-state index is 0.0210. The first-order valence-corrected chi connectivity index (χ1v) is 15.7. The summed E-state index contributed by atoms with van der Waals surface area (Å²) in [4.78, 5) is 9.07. The van der Waals surface area contributed by atoms with Crippen molar-refractivity contribution in [2.75, 3.05) is 12.3 Å². The Morgan fingerprint density at radius 2 is 1.81 bits per heavy atom. The molecule has 2 N–H and O–H groups in total. The summed E-state index contributed by atoms with van der Waals surface area (Å²) in [5.41, 5.74) is 12.5. The summed E-state index contributed by atoms with van der Waals surface area (Å²) >= 11 is 0. The summed E-state index contributed by atoms with van der Waals surface area (Å²) in [6.07, 6.45) is 7.06. The zero-order chi connectivity index (χ0) is 28.8.